The molecule has 0 radical (unpaired) electrons. The van der Waals surface area contributed by atoms with Gasteiger partial charge in [-0.1, -0.05) is 26.1 Å². The van der Waals surface area contributed by atoms with Gasteiger partial charge in [0.1, 0.15) is 0 Å². The van der Waals surface area contributed by atoms with E-state index < -0.39 is 0 Å². The standard InChI is InChI=1S/C9H20N2S/c1-8(12)10-6-9(2,3)7-11(4)5/h6-7H2,1-5H3,(H,10,12). The summed E-state index contributed by atoms with van der Waals surface area (Å²) in [5, 5.41) is 3.20. The van der Waals surface area contributed by atoms with Gasteiger partial charge in [-0.15, -0.1) is 0 Å². The summed E-state index contributed by atoms with van der Waals surface area (Å²) in [4.78, 5) is 3.07. The zero-order valence-corrected chi connectivity index (χ0v) is 9.59. The van der Waals surface area contributed by atoms with Crippen molar-refractivity contribution in [3.05, 3.63) is 0 Å². The number of rotatable bonds is 4. The summed E-state index contributed by atoms with van der Waals surface area (Å²) < 4.78 is 0. The number of hydrogen-bond acceptors (Lipinski definition) is 2. The molecule has 0 unspecified atom stereocenters. The van der Waals surface area contributed by atoms with Crippen LogP contribution in [0.25, 0.3) is 0 Å². The molecule has 0 aromatic carbocycles. The molecule has 0 saturated carbocycles. The molecule has 0 aromatic heterocycles. The van der Waals surface area contributed by atoms with Gasteiger partial charge < -0.3 is 10.2 Å². The summed E-state index contributed by atoms with van der Waals surface area (Å²) in [7, 11) is 4.18. The van der Waals surface area contributed by atoms with Gasteiger partial charge in [-0.25, -0.2) is 0 Å². The van der Waals surface area contributed by atoms with Gasteiger partial charge in [-0.3, -0.25) is 0 Å². The van der Waals surface area contributed by atoms with Crippen LogP contribution in [-0.4, -0.2) is 37.1 Å². The maximum atomic E-state index is 4.95. The molecule has 12 heavy (non-hydrogen) atoms. The van der Waals surface area contributed by atoms with Crippen LogP contribution < -0.4 is 5.32 Å². The highest BCUT2D eigenvalue weighted by atomic mass is 32.1. The van der Waals surface area contributed by atoms with Gasteiger partial charge in [0.25, 0.3) is 0 Å². The molecule has 72 valence electrons. The lowest BCUT2D eigenvalue weighted by Crippen LogP contribution is -2.38. The van der Waals surface area contributed by atoms with Gasteiger partial charge in [0.2, 0.25) is 0 Å². The van der Waals surface area contributed by atoms with Gasteiger partial charge in [0.05, 0.1) is 4.99 Å². The Morgan fingerprint density at radius 1 is 1.42 bits per heavy atom. The third kappa shape index (κ3) is 6.55. The average molecular weight is 188 g/mol. The van der Waals surface area contributed by atoms with Crippen molar-refractivity contribution in [2.45, 2.75) is 20.8 Å². The fourth-order valence-electron chi connectivity index (χ4n) is 1.28. The molecule has 0 fully saturated rings. The summed E-state index contributed by atoms with van der Waals surface area (Å²) in [5.74, 6) is 0. The van der Waals surface area contributed by atoms with E-state index in [1.165, 1.54) is 0 Å². The van der Waals surface area contributed by atoms with Gasteiger partial charge in [-0.05, 0) is 26.4 Å². The third-order valence-corrected chi connectivity index (χ3v) is 1.70. The second-order valence-electron chi connectivity index (χ2n) is 4.31. The summed E-state index contributed by atoms with van der Waals surface area (Å²) >= 11 is 4.95. The molecule has 0 aliphatic heterocycles. The summed E-state index contributed by atoms with van der Waals surface area (Å²) in [6, 6.07) is 0. The largest absolute Gasteiger partial charge is 0.379 e. The number of nitrogens with one attached hydrogen (secondary N) is 1. The predicted octanol–water partition coefficient (Wildman–Crippen LogP) is 1.51. The first-order valence-electron chi connectivity index (χ1n) is 4.23. The van der Waals surface area contributed by atoms with Crippen LogP contribution in [0.4, 0.5) is 0 Å². The van der Waals surface area contributed by atoms with E-state index in [4.69, 9.17) is 12.2 Å². The van der Waals surface area contributed by atoms with Crippen LogP contribution in [-0.2, 0) is 0 Å². The van der Waals surface area contributed by atoms with Gasteiger partial charge >= 0.3 is 0 Å². The smallest absolute Gasteiger partial charge is 0.0722 e. The van der Waals surface area contributed by atoms with E-state index in [0.29, 0.717) is 0 Å². The minimum absolute atomic E-state index is 0.281. The average Bonchev–Trinajstić information content (AvgIpc) is 1.81. The lowest BCUT2D eigenvalue weighted by atomic mass is 9.93. The molecule has 0 bridgehead atoms. The molecule has 0 aromatic rings. The Morgan fingerprint density at radius 2 is 1.92 bits per heavy atom. The van der Waals surface area contributed by atoms with Crippen molar-refractivity contribution in [3.63, 3.8) is 0 Å². The maximum Gasteiger partial charge on any atom is 0.0722 e. The van der Waals surface area contributed by atoms with Crippen molar-refractivity contribution in [1.29, 1.82) is 0 Å². The van der Waals surface area contributed by atoms with E-state index in [2.05, 4.69) is 38.2 Å². The fraction of sp³-hybridized carbons (Fsp3) is 0.889. The summed E-state index contributed by atoms with van der Waals surface area (Å²) in [6.45, 7) is 8.40. The van der Waals surface area contributed by atoms with Crippen LogP contribution in [0.2, 0.25) is 0 Å². The second kappa shape index (κ2) is 4.77. The van der Waals surface area contributed by atoms with Crippen LogP contribution in [0, 0.1) is 5.41 Å². The highest BCUT2D eigenvalue weighted by Gasteiger charge is 2.18. The molecule has 0 spiro atoms. The second-order valence-corrected chi connectivity index (χ2v) is 4.92. The highest BCUT2D eigenvalue weighted by molar-refractivity contribution is 7.80. The van der Waals surface area contributed by atoms with Gasteiger partial charge in [0, 0.05) is 13.1 Å². The normalized spacial score (nSPS) is 11.8. The van der Waals surface area contributed by atoms with Crippen molar-refractivity contribution in [2.75, 3.05) is 27.2 Å². The Labute approximate surface area is 81.3 Å². The zero-order valence-electron chi connectivity index (χ0n) is 8.77. The number of nitrogens with zero attached hydrogens (tertiary/aromatic N) is 1. The fourth-order valence-corrected chi connectivity index (χ4v) is 1.35. The predicted molar refractivity (Wildman–Crippen MR) is 58.6 cm³/mol. The van der Waals surface area contributed by atoms with Gasteiger partial charge in [0.15, 0.2) is 0 Å². The van der Waals surface area contributed by atoms with Crippen LogP contribution in [0.1, 0.15) is 20.8 Å². The monoisotopic (exact) mass is 188 g/mol. The summed E-state index contributed by atoms with van der Waals surface area (Å²) in [5.41, 5.74) is 0.281. The molecule has 0 heterocycles. The minimum Gasteiger partial charge on any atom is -0.379 e. The molecule has 1 N–H and O–H groups in total. The van der Waals surface area contributed by atoms with Crippen LogP contribution in [0.15, 0.2) is 0 Å². The molecule has 0 atom stereocenters. The molecular formula is C9H20N2S. The van der Waals surface area contributed by atoms with Crippen molar-refractivity contribution in [2.24, 2.45) is 5.41 Å². The molecule has 0 aliphatic rings. The summed E-state index contributed by atoms with van der Waals surface area (Å²) in [6.07, 6.45) is 0. The van der Waals surface area contributed by atoms with Crippen molar-refractivity contribution in [3.8, 4) is 0 Å². The van der Waals surface area contributed by atoms with E-state index in [1.54, 1.807) is 0 Å². The Bertz CT molecular complexity index is 153. The molecule has 3 heteroatoms. The molecule has 0 aliphatic carbocycles. The first kappa shape index (κ1) is 11.8. The first-order valence-corrected chi connectivity index (χ1v) is 4.63. The molecule has 0 saturated heterocycles. The van der Waals surface area contributed by atoms with Crippen LogP contribution in [0.3, 0.4) is 0 Å². The Kier molecular flexibility index (Phi) is 4.71. The molecule has 2 nitrogen and oxygen atoms in total. The van der Waals surface area contributed by atoms with E-state index in [9.17, 15) is 0 Å². The van der Waals surface area contributed by atoms with E-state index in [0.717, 1.165) is 18.1 Å². The quantitative estimate of drug-likeness (QED) is 0.673. The highest BCUT2D eigenvalue weighted by Crippen LogP contribution is 2.13. The van der Waals surface area contributed by atoms with Crippen molar-refractivity contribution in [1.82, 2.24) is 10.2 Å². The lowest BCUT2D eigenvalue weighted by Gasteiger charge is -2.28. The Morgan fingerprint density at radius 3 is 2.25 bits per heavy atom. The van der Waals surface area contributed by atoms with Gasteiger partial charge in [-0.2, -0.15) is 0 Å². The van der Waals surface area contributed by atoms with Crippen molar-refractivity contribution < 1.29 is 0 Å². The molecule has 0 amide bonds. The first-order chi connectivity index (χ1) is 5.33. The lowest BCUT2D eigenvalue weighted by molar-refractivity contribution is 0.241. The maximum absolute atomic E-state index is 4.95. The van der Waals surface area contributed by atoms with Crippen LogP contribution in [0.5, 0.6) is 0 Å². The third-order valence-electron chi connectivity index (χ3n) is 1.56. The topological polar surface area (TPSA) is 15.3 Å². The zero-order chi connectivity index (χ0) is 9.78. The molecular weight excluding hydrogens is 168 g/mol. The van der Waals surface area contributed by atoms with E-state index in [-0.39, 0.29) is 5.41 Å². The number of thiocarbonyl (C=S) groups is 1. The molecule has 0 rings (SSSR count). The number of hydrogen-bond donors (Lipinski definition) is 1. The SMILES string of the molecule is CC(=S)NCC(C)(C)CN(C)C. The minimum atomic E-state index is 0.281. The van der Waals surface area contributed by atoms with E-state index >= 15 is 0 Å². The Balaban J connectivity index is 3.78. The Hall–Kier alpha value is -0.150. The van der Waals surface area contributed by atoms with E-state index in [1.807, 2.05) is 6.92 Å². The van der Waals surface area contributed by atoms with Crippen molar-refractivity contribution >= 4 is 17.2 Å². The van der Waals surface area contributed by atoms with Crippen LogP contribution >= 0.6 is 12.2 Å².